The number of anilines is 1. The number of nitrogens with zero attached hydrogens (tertiary/aromatic N) is 2. The molecule has 16 heavy (non-hydrogen) atoms. The first kappa shape index (κ1) is 9.46. The van der Waals surface area contributed by atoms with Crippen LogP contribution >= 0.6 is 11.3 Å². The van der Waals surface area contributed by atoms with Crippen LogP contribution in [0.1, 0.15) is 17.0 Å². The van der Waals surface area contributed by atoms with E-state index in [4.69, 9.17) is 0 Å². The summed E-state index contributed by atoms with van der Waals surface area (Å²) in [5.74, 6) is -1.74. The van der Waals surface area contributed by atoms with Crippen molar-refractivity contribution in [2.75, 3.05) is 4.90 Å². The van der Waals surface area contributed by atoms with E-state index in [1.165, 1.54) is 11.3 Å². The molecule has 0 spiro atoms. The fraction of sp³-hybridized carbons (Fsp3) is 0.333. The highest BCUT2D eigenvalue weighted by molar-refractivity contribution is 7.16. The molecule has 7 heteroatoms. The Morgan fingerprint density at radius 1 is 1.25 bits per heavy atom. The number of hydrogen-bond acceptors (Lipinski definition) is 5. The van der Waals surface area contributed by atoms with Crippen molar-refractivity contribution in [2.24, 2.45) is 0 Å². The van der Waals surface area contributed by atoms with Crippen LogP contribution in [0.2, 0.25) is 0 Å². The number of aromatic nitrogens is 1. The van der Waals surface area contributed by atoms with Gasteiger partial charge in [-0.25, -0.2) is 9.78 Å². The number of carbonyl (C=O) groups is 3. The number of thiazole rings is 1. The summed E-state index contributed by atoms with van der Waals surface area (Å²) >= 11 is 1.31. The first-order valence-electron chi connectivity index (χ1n) is 4.85. The molecule has 2 aliphatic rings. The topological polar surface area (TPSA) is 79.4 Å². The van der Waals surface area contributed by atoms with E-state index in [1.54, 1.807) is 0 Å². The molecule has 1 saturated heterocycles. The van der Waals surface area contributed by atoms with E-state index >= 15 is 0 Å². The monoisotopic (exact) mass is 237 g/mol. The van der Waals surface area contributed by atoms with Crippen molar-refractivity contribution < 1.29 is 14.4 Å². The normalized spacial score (nSPS) is 19.2. The molecule has 0 unspecified atom stereocenters. The van der Waals surface area contributed by atoms with E-state index in [9.17, 15) is 14.4 Å². The summed E-state index contributed by atoms with van der Waals surface area (Å²) in [7, 11) is 0. The highest BCUT2D eigenvalue weighted by atomic mass is 32.1. The average Bonchev–Trinajstić information content (AvgIpc) is 2.82. The summed E-state index contributed by atoms with van der Waals surface area (Å²) < 4.78 is 0. The van der Waals surface area contributed by atoms with Crippen molar-refractivity contribution in [3.05, 3.63) is 10.6 Å². The molecule has 0 saturated carbocycles. The third kappa shape index (κ3) is 1.18. The zero-order valence-corrected chi connectivity index (χ0v) is 8.97. The Labute approximate surface area is 94.3 Å². The van der Waals surface area contributed by atoms with Gasteiger partial charge in [-0.2, -0.15) is 4.90 Å². The van der Waals surface area contributed by atoms with Gasteiger partial charge in [-0.05, 0) is 19.3 Å². The van der Waals surface area contributed by atoms with Crippen LogP contribution in [0.4, 0.5) is 9.93 Å². The molecular weight excluding hydrogens is 230 g/mol. The number of hydrogen-bond donors (Lipinski definition) is 1. The van der Waals surface area contributed by atoms with Crippen LogP contribution in [0.15, 0.2) is 0 Å². The Bertz CT molecular complexity index is 501. The van der Waals surface area contributed by atoms with E-state index in [2.05, 4.69) is 4.98 Å². The van der Waals surface area contributed by atoms with Crippen molar-refractivity contribution >= 4 is 34.3 Å². The summed E-state index contributed by atoms with van der Waals surface area (Å²) in [4.78, 5) is 39.9. The van der Waals surface area contributed by atoms with Gasteiger partial charge in [-0.3, -0.25) is 14.9 Å². The van der Waals surface area contributed by atoms with Crippen LogP contribution in [-0.4, -0.2) is 22.8 Å². The number of carbonyl (C=O) groups excluding carboxylic acids is 3. The molecular formula is C9H7N3O3S. The zero-order chi connectivity index (χ0) is 11.3. The van der Waals surface area contributed by atoms with Crippen LogP contribution in [0, 0.1) is 0 Å². The van der Waals surface area contributed by atoms with Crippen molar-refractivity contribution in [3.8, 4) is 0 Å². The van der Waals surface area contributed by atoms with Gasteiger partial charge in [0.25, 0.3) is 0 Å². The number of amides is 4. The molecule has 1 aliphatic heterocycles. The van der Waals surface area contributed by atoms with Gasteiger partial charge in [0, 0.05) is 4.88 Å². The molecule has 1 aromatic rings. The molecule has 1 aliphatic carbocycles. The molecule has 6 nitrogen and oxygen atoms in total. The number of aryl methyl sites for hydroxylation is 2. The Hall–Kier alpha value is -1.76. The summed E-state index contributed by atoms with van der Waals surface area (Å²) in [5.41, 5.74) is 0.944. The maximum Gasteiger partial charge on any atom is 0.338 e. The van der Waals surface area contributed by atoms with Gasteiger partial charge in [-0.1, -0.05) is 0 Å². The number of urea groups is 1. The van der Waals surface area contributed by atoms with E-state index in [1.807, 2.05) is 5.32 Å². The van der Waals surface area contributed by atoms with Gasteiger partial charge in [0.05, 0.1) is 5.69 Å². The van der Waals surface area contributed by atoms with E-state index < -0.39 is 17.8 Å². The second kappa shape index (κ2) is 3.11. The minimum atomic E-state index is -0.889. The summed E-state index contributed by atoms with van der Waals surface area (Å²) in [6.45, 7) is 0. The van der Waals surface area contributed by atoms with Crippen molar-refractivity contribution in [1.82, 2.24) is 10.3 Å². The highest BCUT2D eigenvalue weighted by Gasteiger charge is 2.40. The van der Waals surface area contributed by atoms with Crippen molar-refractivity contribution in [1.29, 1.82) is 0 Å². The first-order valence-corrected chi connectivity index (χ1v) is 5.66. The third-order valence-electron chi connectivity index (χ3n) is 2.60. The second-order valence-electron chi connectivity index (χ2n) is 3.62. The lowest BCUT2D eigenvalue weighted by Gasteiger charge is -2.05. The third-order valence-corrected chi connectivity index (χ3v) is 3.74. The lowest BCUT2D eigenvalue weighted by atomic mass is 10.4. The standard InChI is InChI=1S/C9H7N3O3S/c13-6-7(14)12(8(15)11-6)9-10-4-2-1-3-5(4)16-9/h1-3H2,(H,11,13,15). The molecule has 0 radical (unpaired) electrons. The molecule has 2 heterocycles. The molecule has 0 atom stereocenters. The van der Waals surface area contributed by atoms with Crippen LogP contribution < -0.4 is 10.2 Å². The van der Waals surface area contributed by atoms with Crippen LogP contribution in [-0.2, 0) is 22.4 Å². The molecule has 1 fully saturated rings. The van der Waals surface area contributed by atoms with Gasteiger partial charge in [0.2, 0.25) is 5.13 Å². The maximum absolute atomic E-state index is 11.4. The van der Waals surface area contributed by atoms with Crippen molar-refractivity contribution in [3.63, 3.8) is 0 Å². The summed E-state index contributed by atoms with van der Waals surface area (Å²) in [6.07, 6.45) is 2.88. The minimum Gasteiger partial charge on any atom is -0.269 e. The molecule has 0 aromatic carbocycles. The number of nitrogens with one attached hydrogen (secondary N) is 1. The van der Waals surface area contributed by atoms with Gasteiger partial charge >= 0.3 is 17.8 Å². The molecule has 4 amide bonds. The summed E-state index contributed by atoms with van der Waals surface area (Å²) in [5, 5.41) is 2.25. The predicted molar refractivity (Wildman–Crippen MR) is 55.2 cm³/mol. The number of imide groups is 2. The summed E-state index contributed by atoms with van der Waals surface area (Å²) in [6, 6.07) is -0.706. The number of fused-ring (bicyclic) bond motifs is 1. The lowest BCUT2D eigenvalue weighted by molar-refractivity contribution is -0.134. The molecule has 1 N–H and O–H groups in total. The van der Waals surface area contributed by atoms with E-state index in [-0.39, 0.29) is 0 Å². The Morgan fingerprint density at radius 2 is 2.06 bits per heavy atom. The fourth-order valence-electron chi connectivity index (χ4n) is 1.85. The smallest absolute Gasteiger partial charge is 0.269 e. The number of rotatable bonds is 1. The minimum absolute atomic E-state index is 0.304. The van der Waals surface area contributed by atoms with Crippen LogP contribution in [0.3, 0.4) is 0 Å². The Kier molecular flexibility index (Phi) is 1.84. The quantitative estimate of drug-likeness (QED) is 0.559. The first-order chi connectivity index (χ1) is 7.66. The van der Waals surface area contributed by atoms with Gasteiger partial charge in [-0.15, -0.1) is 11.3 Å². The van der Waals surface area contributed by atoms with Gasteiger partial charge in [0.15, 0.2) is 0 Å². The van der Waals surface area contributed by atoms with E-state index in [0.717, 1.165) is 34.7 Å². The van der Waals surface area contributed by atoms with Gasteiger partial charge < -0.3 is 0 Å². The molecule has 0 bridgehead atoms. The largest absolute Gasteiger partial charge is 0.338 e. The zero-order valence-electron chi connectivity index (χ0n) is 8.15. The maximum atomic E-state index is 11.4. The van der Waals surface area contributed by atoms with Crippen LogP contribution in [0.5, 0.6) is 0 Å². The van der Waals surface area contributed by atoms with Crippen LogP contribution in [0.25, 0.3) is 0 Å². The second-order valence-corrected chi connectivity index (χ2v) is 4.68. The molecule has 1 aromatic heterocycles. The predicted octanol–water partition coefficient (Wildman–Crippen LogP) is 0.215. The molecule has 82 valence electrons. The van der Waals surface area contributed by atoms with Crippen molar-refractivity contribution in [2.45, 2.75) is 19.3 Å². The molecule has 3 rings (SSSR count). The Balaban J connectivity index is 2.00. The SMILES string of the molecule is O=C1NC(=O)N(c2nc3c(s2)CCC3)C1=O. The highest BCUT2D eigenvalue weighted by Crippen LogP contribution is 2.33. The lowest BCUT2D eigenvalue weighted by Crippen LogP contribution is -2.30. The van der Waals surface area contributed by atoms with E-state index in [0.29, 0.717) is 5.13 Å². The van der Waals surface area contributed by atoms with Gasteiger partial charge in [0.1, 0.15) is 0 Å². The Morgan fingerprint density at radius 3 is 2.69 bits per heavy atom. The fourth-order valence-corrected chi connectivity index (χ4v) is 2.99. The average molecular weight is 237 g/mol.